The lowest BCUT2D eigenvalue weighted by molar-refractivity contribution is -0.128. The molecule has 0 radical (unpaired) electrons. The molecule has 1 fully saturated rings. The molecule has 0 aromatic carbocycles. The van der Waals surface area contributed by atoms with E-state index >= 15 is 0 Å². The summed E-state index contributed by atoms with van der Waals surface area (Å²) in [5.41, 5.74) is -0.809. The fourth-order valence-corrected chi connectivity index (χ4v) is 6.93. The fourth-order valence-electron chi connectivity index (χ4n) is 6.34. The van der Waals surface area contributed by atoms with Gasteiger partial charge in [0.1, 0.15) is 12.3 Å². The minimum absolute atomic E-state index is 0.244. The van der Waals surface area contributed by atoms with Crippen molar-refractivity contribution in [3.8, 4) is 0 Å². The van der Waals surface area contributed by atoms with E-state index < -0.39 is 49.7 Å². The number of rotatable bonds is 27. The number of aryl methyl sites for hydroxylation is 1. The van der Waals surface area contributed by atoms with E-state index in [-0.39, 0.29) is 12.3 Å². The molecule has 1 aromatic heterocycles. The Morgan fingerprint density at radius 2 is 1.48 bits per heavy atom. The number of aromatic amines is 1. The number of ether oxygens (including phenoxy) is 2. The van der Waals surface area contributed by atoms with Gasteiger partial charge in [-0.25, -0.2) is 9.36 Å². The van der Waals surface area contributed by atoms with E-state index in [0.717, 1.165) is 38.5 Å². The zero-order valence-corrected chi connectivity index (χ0v) is 30.9. The average molecular weight is 702 g/mol. The Morgan fingerprint density at radius 3 is 2.04 bits per heavy atom. The Kier molecular flexibility index (Phi) is 20.8. The number of phosphoric acid groups is 1. The summed E-state index contributed by atoms with van der Waals surface area (Å²) >= 11 is 0. The van der Waals surface area contributed by atoms with Crippen molar-refractivity contribution in [1.29, 1.82) is 0 Å². The van der Waals surface area contributed by atoms with Crippen LogP contribution in [0.5, 0.6) is 0 Å². The van der Waals surface area contributed by atoms with Gasteiger partial charge in [0, 0.05) is 24.8 Å². The molecule has 3 unspecified atom stereocenters. The van der Waals surface area contributed by atoms with Crippen molar-refractivity contribution in [2.75, 3.05) is 6.61 Å². The van der Waals surface area contributed by atoms with Crippen molar-refractivity contribution in [1.82, 2.24) is 14.9 Å². The highest BCUT2D eigenvalue weighted by atomic mass is 31.2. The standard InChI is InChI=1S/C35H64N3O9P/c1-5-7-9-11-13-15-16-18-20-22-30(39)36-32(28(4)45-25-21-19-17-14-12-10-8-6-2)33(47-48(42,43)44)29-23-24-31(46-29)38-26-27(3)34(40)37-35(38)41/h26,28-29,31-33H,5-25H2,1-4H3,(H,36,39)(H,37,40,41)(H2,42,43,44)/t28?,29-,31+,32?,33?/m0/s1. The third-order valence-corrected chi connectivity index (χ3v) is 9.70. The lowest BCUT2D eigenvalue weighted by Crippen LogP contribution is -2.55. The maximum Gasteiger partial charge on any atom is 0.470 e. The number of hydrogen-bond donors (Lipinski definition) is 4. The van der Waals surface area contributed by atoms with Crippen LogP contribution in [0.4, 0.5) is 0 Å². The minimum Gasteiger partial charge on any atom is -0.376 e. The van der Waals surface area contributed by atoms with Crippen LogP contribution in [0.3, 0.4) is 0 Å². The molecule has 0 bridgehead atoms. The summed E-state index contributed by atoms with van der Waals surface area (Å²) in [6.45, 7) is 8.18. The van der Waals surface area contributed by atoms with E-state index in [4.69, 9.17) is 14.0 Å². The number of carbonyl (C=O) groups excluding carboxylic acids is 1. The zero-order chi connectivity index (χ0) is 35.4. The van der Waals surface area contributed by atoms with Gasteiger partial charge in [-0.3, -0.25) is 23.7 Å². The van der Waals surface area contributed by atoms with Crippen LogP contribution in [-0.4, -0.2) is 56.2 Å². The Morgan fingerprint density at radius 1 is 0.938 bits per heavy atom. The van der Waals surface area contributed by atoms with Gasteiger partial charge in [-0.05, 0) is 39.5 Å². The molecule has 1 amide bonds. The lowest BCUT2D eigenvalue weighted by Gasteiger charge is -2.35. The smallest absolute Gasteiger partial charge is 0.376 e. The summed E-state index contributed by atoms with van der Waals surface area (Å²) in [4.78, 5) is 59.8. The van der Waals surface area contributed by atoms with Gasteiger partial charge < -0.3 is 24.6 Å². The van der Waals surface area contributed by atoms with Crippen LogP contribution in [0.15, 0.2) is 15.8 Å². The van der Waals surface area contributed by atoms with Gasteiger partial charge >= 0.3 is 13.5 Å². The molecule has 48 heavy (non-hydrogen) atoms. The van der Waals surface area contributed by atoms with Crippen molar-refractivity contribution in [2.45, 2.75) is 187 Å². The monoisotopic (exact) mass is 701 g/mol. The maximum atomic E-state index is 13.2. The largest absolute Gasteiger partial charge is 0.470 e. The number of unbranched alkanes of at least 4 members (excludes halogenated alkanes) is 15. The predicted molar refractivity (Wildman–Crippen MR) is 188 cm³/mol. The molecule has 2 rings (SSSR count). The highest BCUT2D eigenvalue weighted by Gasteiger charge is 2.44. The Labute approximate surface area is 287 Å². The number of amides is 1. The van der Waals surface area contributed by atoms with Crippen molar-refractivity contribution in [3.05, 3.63) is 32.6 Å². The molecule has 1 aliphatic heterocycles. The molecule has 2 heterocycles. The first kappa shape index (κ1) is 42.3. The summed E-state index contributed by atoms with van der Waals surface area (Å²) in [7, 11) is -5.03. The van der Waals surface area contributed by atoms with Gasteiger partial charge in [-0.1, -0.05) is 110 Å². The summed E-state index contributed by atoms with van der Waals surface area (Å²) in [6.07, 6.45) is 17.9. The van der Waals surface area contributed by atoms with E-state index in [9.17, 15) is 28.7 Å². The zero-order valence-electron chi connectivity index (χ0n) is 30.0. The Hall–Kier alpha value is -1.82. The molecule has 1 aromatic rings. The third-order valence-electron chi connectivity index (χ3n) is 9.18. The SMILES string of the molecule is CCCCCCCCCCCC(=O)NC(C(C)OCCCCCCCCCC)C(OP(=O)(O)O)[C@@H]1CC[C@H](n2cc(C)c(=O)[nH]c2=O)O1. The van der Waals surface area contributed by atoms with E-state index in [0.29, 0.717) is 31.4 Å². The van der Waals surface area contributed by atoms with Gasteiger partial charge in [0.05, 0.1) is 18.2 Å². The Balaban J connectivity index is 2.09. The van der Waals surface area contributed by atoms with Crippen molar-refractivity contribution < 1.29 is 33.1 Å². The van der Waals surface area contributed by atoms with E-state index in [2.05, 4.69) is 24.1 Å². The molecular formula is C35H64N3O9P. The molecule has 0 spiro atoms. The quantitative estimate of drug-likeness (QED) is 0.0560. The lowest BCUT2D eigenvalue weighted by atomic mass is 9.98. The minimum atomic E-state index is -5.03. The van der Waals surface area contributed by atoms with Gasteiger partial charge in [0.25, 0.3) is 5.56 Å². The summed E-state index contributed by atoms with van der Waals surface area (Å²) < 4.78 is 31.2. The van der Waals surface area contributed by atoms with Crippen LogP contribution in [0.2, 0.25) is 0 Å². The van der Waals surface area contributed by atoms with Crippen molar-refractivity contribution in [3.63, 3.8) is 0 Å². The summed E-state index contributed by atoms with van der Waals surface area (Å²) in [6, 6.07) is -0.921. The first-order chi connectivity index (χ1) is 23.0. The third kappa shape index (κ3) is 16.7. The van der Waals surface area contributed by atoms with E-state index in [1.807, 2.05) is 0 Å². The number of nitrogens with one attached hydrogen (secondary N) is 2. The van der Waals surface area contributed by atoms with E-state index in [1.165, 1.54) is 75.0 Å². The molecule has 4 N–H and O–H groups in total. The first-order valence-corrected chi connectivity index (χ1v) is 20.1. The number of aromatic nitrogens is 2. The molecular weight excluding hydrogens is 637 g/mol. The molecule has 13 heteroatoms. The highest BCUT2D eigenvalue weighted by Crippen LogP contribution is 2.43. The number of phosphoric ester groups is 1. The molecule has 0 saturated carbocycles. The van der Waals surface area contributed by atoms with Gasteiger partial charge in [-0.2, -0.15) is 0 Å². The van der Waals surface area contributed by atoms with E-state index in [1.54, 1.807) is 13.8 Å². The molecule has 0 aliphatic carbocycles. The van der Waals surface area contributed by atoms with Gasteiger partial charge in [0.2, 0.25) is 5.91 Å². The van der Waals surface area contributed by atoms with Crippen LogP contribution in [0.25, 0.3) is 0 Å². The summed E-state index contributed by atoms with van der Waals surface area (Å²) in [5, 5.41) is 2.98. The normalized spacial score (nSPS) is 18.5. The number of H-pyrrole nitrogens is 1. The second-order valence-electron chi connectivity index (χ2n) is 13.5. The molecule has 1 aliphatic rings. The van der Waals surface area contributed by atoms with Crippen LogP contribution < -0.4 is 16.6 Å². The van der Waals surface area contributed by atoms with Crippen molar-refractivity contribution in [2.24, 2.45) is 0 Å². The van der Waals surface area contributed by atoms with Crippen LogP contribution in [0.1, 0.15) is 161 Å². The Bertz CT molecular complexity index is 1200. The molecule has 5 atom stereocenters. The first-order valence-electron chi connectivity index (χ1n) is 18.6. The fraction of sp³-hybridized carbons (Fsp3) is 0.857. The molecule has 12 nitrogen and oxygen atoms in total. The topological polar surface area (TPSA) is 169 Å². The predicted octanol–water partition coefficient (Wildman–Crippen LogP) is 6.95. The van der Waals surface area contributed by atoms with Gasteiger partial charge in [0.15, 0.2) is 0 Å². The average Bonchev–Trinajstić information content (AvgIpc) is 3.52. The van der Waals surface area contributed by atoms with Crippen LogP contribution >= 0.6 is 7.82 Å². The molecule has 278 valence electrons. The second kappa shape index (κ2) is 23.6. The van der Waals surface area contributed by atoms with Gasteiger partial charge in [-0.15, -0.1) is 0 Å². The molecule has 1 saturated heterocycles. The number of nitrogens with zero attached hydrogens (tertiary/aromatic N) is 1. The van der Waals surface area contributed by atoms with Crippen LogP contribution in [0, 0.1) is 6.92 Å². The number of carbonyl (C=O) groups is 1. The van der Waals surface area contributed by atoms with Crippen molar-refractivity contribution >= 4 is 13.7 Å². The maximum absolute atomic E-state index is 13.2. The second-order valence-corrected chi connectivity index (χ2v) is 14.7. The number of hydrogen-bond acceptors (Lipinski definition) is 7. The summed E-state index contributed by atoms with van der Waals surface area (Å²) in [5.74, 6) is -0.244. The highest BCUT2D eigenvalue weighted by molar-refractivity contribution is 7.46. The van der Waals surface area contributed by atoms with Crippen LogP contribution in [-0.2, 0) is 23.4 Å².